The van der Waals surface area contributed by atoms with Crippen molar-refractivity contribution in [3.05, 3.63) is 47.5 Å². The highest BCUT2D eigenvalue weighted by Crippen LogP contribution is 2.37. The SMILES string of the molecule is C/C=C/CC1CCC(c2ccc(COCC)cc2)CC1. The number of hydrogen-bond donors (Lipinski definition) is 0. The topological polar surface area (TPSA) is 9.23 Å². The Labute approximate surface area is 124 Å². The van der Waals surface area contributed by atoms with Gasteiger partial charge in [-0.25, -0.2) is 0 Å². The number of ether oxygens (including phenoxy) is 1. The van der Waals surface area contributed by atoms with Crippen molar-refractivity contribution >= 4 is 0 Å². The van der Waals surface area contributed by atoms with Gasteiger partial charge in [-0.1, -0.05) is 36.4 Å². The van der Waals surface area contributed by atoms with E-state index in [1.807, 2.05) is 6.92 Å². The fraction of sp³-hybridized carbons (Fsp3) is 0.579. The molecule has 0 heterocycles. The summed E-state index contributed by atoms with van der Waals surface area (Å²) < 4.78 is 5.45. The minimum atomic E-state index is 0.743. The monoisotopic (exact) mass is 272 g/mol. The summed E-state index contributed by atoms with van der Waals surface area (Å²) in [5.41, 5.74) is 2.81. The molecule has 1 nitrogen and oxygen atoms in total. The first-order valence-corrected chi connectivity index (χ1v) is 8.11. The van der Waals surface area contributed by atoms with Gasteiger partial charge >= 0.3 is 0 Å². The number of allylic oxidation sites excluding steroid dienone is 2. The summed E-state index contributed by atoms with van der Waals surface area (Å²) in [7, 11) is 0. The fourth-order valence-electron chi connectivity index (χ4n) is 3.17. The molecule has 0 unspecified atom stereocenters. The van der Waals surface area contributed by atoms with Crippen LogP contribution in [-0.4, -0.2) is 6.61 Å². The lowest BCUT2D eigenvalue weighted by Gasteiger charge is -2.28. The first-order chi connectivity index (χ1) is 9.83. The third-order valence-corrected chi connectivity index (χ3v) is 4.48. The molecule has 110 valence electrons. The summed E-state index contributed by atoms with van der Waals surface area (Å²) in [5, 5.41) is 0. The molecular weight excluding hydrogens is 244 g/mol. The first kappa shape index (κ1) is 15.3. The van der Waals surface area contributed by atoms with E-state index in [-0.39, 0.29) is 0 Å². The van der Waals surface area contributed by atoms with Crippen LogP contribution in [0.3, 0.4) is 0 Å². The largest absolute Gasteiger partial charge is 0.377 e. The third kappa shape index (κ3) is 4.49. The highest BCUT2D eigenvalue weighted by atomic mass is 16.5. The van der Waals surface area contributed by atoms with Crippen LogP contribution in [0.1, 0.15) is 63.0 Å². The predicted molar refractivity (Wildman–Crippen MR) is 85.9 cm³/mol. The van der Waals surface area contributed by atoms with Gasteiger partial charge in [0.1, 0.15) is 0 Å². The molecule has 0 saturated heterocycles. The second-order valence-electron chi connectivity index (χ2n) is 5.90. The van der Waals surface area contributed by atoms with Gasteiger partial charge in [0, 0.05) is 6.61 Å². The average Bonchev–Trinajstić information content (AvgIpc) is 2.52. The van der Waals surface area contributed by atoms with Gasteiger partial charge in [-0.05, 0) is 68.9 Å². The fourth-order valence-corrected chi connectivity index (χ4v) is 3.17. The van der Waals surface area contributed by atoms with Crippen LogP contribution in [0.15, 0.2) is 36.4 Å². The van der Waals surface area contributed by atoms with Gasteiger partial charge in [0.2, 0.25) is 0 Å². The van der Waals surface area contributed by atoms with Crippen LogP contribution in [0.5, 0.6) is 0 Å². The molecule has 0 aliphatic heterocycles. The molecule has 1 aliphatic rings. The molecule has 0 bridgehead atoms. The van der Waals surface area contributed by atoms with E-state index in [1.165, 1.54) is 43.2 Å². The van der Waals surface area contributed by atoms with E-state index in [2.05, 4.69) is 43.3 Å². The second-order valence-corrected chi connectivity index (χ2v) is 5.90. The van der Waals surface area contributed by atoms with Crippen LogP contribution >= 0.6 is 0 Å². The van der Waals surface area contributed by atoms with Gasteiger partial charge in [0.05, 0.1) is 6.61 Å². The minimum Gasteiger partial charge on any atom is -0.377 e. The molecule has 1 aromatic rings. The highest BCUT2D eigenvalue weighted by molar-refractivity contribution is 5.25. The Hall–Kier alpha value is -1.08. The van der Waals surface area contributed by atoms with Gasteiger partial charge in [-0.15, -0.1) is 0 Å². The molecule has 1 aliphatic carbocycles. The molecule has 0 spiro atoms. The summed E-state index contributed by atoms with van der Waals surface area (Å²) in [4.78, 5) is 0. The highest BCUT2D eigenvalue weighted by Gasteiger charge is 2.21. The zero-order valence-electron chi connectivity index (χ0n) is 13.0. The Kier molecular flexibility index (Phi) is 6.32. The van der Waals surface area contributed by atoms with E-state index in [1.54, 1.807) is 0 Å². The normalized spacial score (nSPS) is 23.3. The van der Waals surface area contributed by atoms with Crippen LogP contribution in [0.2, 0.25) is 0 Å². The quantitative estimate of drug-likeness (QED) is 0.624. The van der Waals surface area contributed by atoms with Crippen LogP contribution in [0.4, 0.5) is 0 Å². The summed E-state index contributed by atoms with van der Waals surface area (Å²) in [5.74, 6) is 1.69. The summed E-state index contributed by atoms with van der Waals surface area (Å²) in [6, 6.07) is 9.09. The van der Waals surface area contributed by atoms with Gasteiger partial charge in [0.15, 0.2) is 0 Å². The van der Waals surface area contributed by atoms with Crippen molar-refractivity contribution in [2.45, 2.75) is 58.5 Å². The molecule has 1 saturated carbocycles. The third-order valence-electron chi connectivity index (χ3n) is 4.48. The molecule has 1 heteroatoms. The van der Waals surface area contributed by atoms with Crippen molar-refractivity contribution in [3.8, 4) is 0 Å². The van der Waals surface area contributed by atoms with E-state index in [9.17, 15) is 0 Å². The molecule has 20 heavy (non-hydrogen) atoms. The summed E-state index contributed by atoms with van der Waals surface area (Å²) >= 11 is 0. The standard InChI is InChI=1S/C19H28O/c1-3-5-6-16-7-11-18(12-8-16)19-13-9-17(10-14-19)15-20-4-2/h3,5,9-10,13-14,16,18H,4,6-8,11-12,15H2,1-2H3/b5-3+. The maximum absolute atomic E-state index is 5.45. The molecular formula is C19H28O. The Balaban J connectivity index is 1.84. The molecule has 0 radical (unpaired) electrons. The van der Waals surface area contributed by atoms with Crippen molar-refractivity contribution in [2.24, 2.45) is 5.92 Å². The van der Waals surface area contributed by atoms with E-state index >= 15 is 0 Å². The van der Waals surface area contributed by atoms with Gasteiger partial charge in [-0.2, -0.15) is 0 Å². The van der Waals surface area contributed by atoms with Crippen molar-refractivity contribution in [1.29, 1.82) is 0 Å². The summed E-state index contributed by atoms with van der Waals surface area (Å²) in [6.45, 7) is 5.70. The smallest absolute Gasteiger partial charge is 0.0716 e. The molecule has 1 aromatic carbocycles. The summed E-state index contributed by atoms with van der Waals surface area (Å²) in [6.07, 6.45) is 11.3. The van der Waals surface area contributed by atoms with Crippen molar-refractivity contribution in [2.75, 3.05) is 6.61 Å². The van der Waals surface area contributed by atoms with E-state index in [0.717, 1.165) is 25.0 Å². The first-order valence-electron chi connectivity index (χ1n) is 8.11. The van der Waals surface area contributed by atoms with Gasteiger partial charge in [-0.3, -0.25) is 0 Å². The van der Waals surface area contributed by atoms with E-state index in [0.29, 0.717) is 0 Å². The molecule has 0 atom stereocenters. The van der Waals surface area contributed by atoms with Crippen LogP contribution in [-0.2, 0) is 11.3 Å². The van der Waals surface area contributed by atoms with Crippen molar-refractivity contribution in [3.63, 3.8) is 0 Å². The van der Waals surface area contributed by atoms with Gasteiger partial charge in [0.25, 0.3) is 0 Å². The number of benzene rings is 1. The lowest BCUT2D eigenvalue weighted by Crippen LogP contribution is -2.12. The average molecular weight is 272 g/mol. The molecule has 0 N–H and O–H groups in total. The lowest BCUT2D eigenvalue weighted by molar-refractivity contribution is 0.134. The second kappa shape index (κ2) is 8.26. The van der Waals surface area contributed by atoms with Crippen molar-refractivity contribution < 1.29 is 4.74 Å². The Morgan fingerprint density at radius 2 is 1.80 bits per heavy atom. The van der Waals surface area contributed by atoms with E-state index in [4.69, 9.17) is 4.74 Å². The molecule has 0 amide bonds. The maximum atomic E-state index is 5.45. The number of hydrogen-bond acceptors (Lipinski definition) is 1. The maximum Gasteiger partial charge on any atom is 0.0716 e. The van der Waals surface area contributed by atoms with Crippen LogP contribution in [0, 0.1) is 5.92 Å². The lowest BCUT2D eigenvalue weighted by atomic mass is 9.77. The zero-order valence-corrected chi connectivity index (χ0v) is 13.0. The molecule has 1 fully saturated rings. The van der Waals surface area contributed by atoms with Crippen LogP contribution in [0.25, 0.3) is 0 Å². The molecule has 0 aromatic heterocycles. The van der Waals surface area contributed by atoms with Crippen LogP contribution < -0.4 is 0 Å². The zero-order chi connectivity index (χ0) is 14.2. The Morgan fingerprint density at radius 3 is 2.40 bits per heavy atom. The molecule has 2 rings (SSSR count). The Bertz CT molecular complexity index is 396. The minimum absolute atomic E-state index is 0.743. The van der Waals surface area contributed by atoms with Crippen molar-refractivity contribution in [1.82, 2.24) is 0 Å². The van der Waals surface area contributed by atoms with E-state index < -0.39 is 0 Å². The predicted octanol–water partition coefficient (Wildman–Crippen LogP) is 5.46. The van der Waals surface area contributed by atoms with Gasteiger partial charge < -0.3 is 4.74 Å². The Morgan fingerprint density at radius 1 is 1.10 bits per heavy atom. The number of rotatable bonds is 6.